The molecule has 2 N–H and O–H groups in total. The SMILES string of the molecule is O=C(O)NCCC1CCN(CCOc2ccc(Cl)cc2)CC1. The van der Waals surface area contributed by atoms with Gasteiger partial charge in [-0.05, 0) is 62.5 Å². The summed E-state index contributed by atoms with van der Waals surface area (Å²) in [6.07, 6.45) is 2.25. The van der Waals surface area contributed by atoms with Gasteiger partial charge in [0.05, 0.1) is 0 Å². The number of carboxylic acid groups (broad SMARTS) is 1. The van der Waals surface area contributed by atoms with Gasteiger partial charge >= 0.3 is 6.09 Å². The van der Waals surface area contributed by atoms with Crippen LogP contribution in [0.1, 0.15) is 19.3 Å². The number of hydrogen-bond donors (Lipinski definition) is 2. The van der Waals surface area contributed by atoms with Crippen LogP contribution in [0, 0.1) is 5.92 Å². The number of ether oxygens (including phenoxy) is 1. The number of likely N-dealkylation sites (tertiary alicyclic amines) is 1. The minimum atomic E-state index is -0.934. The first kappa shape index (κ1) is 16.9. The van der Waals surface area contributed by atoms with E-state index in [-0.39, 0.29) is 0 Å². The normalized spacial score (nSPS) is 16.4. The molecule has 6 heteroatoms. The van der Waals surface area contributed by atoms with Gasteiger partial charge < -0.3 is 15.2 Å². The summed E-state index contributed by atoms with van der Waals surface area (Å²) in [6.45, 7) is 4.26. The molecule has 2 rings (SSSR count). The predicted octanol–water partition coefficient (Wildman–Crippen LogP) is 3.09. The topological polar surface area (TPSA) is 61.8 Å². The van der Waals surface area contributed by atoms with Gasteiger partial charge in [0, 0.05) is 18.1 Å². The highest BCUT2D eigenvalue weighted by Gasteiger charge is 2.18. The zero-order valence-corrected chi connectivity index (χ0v) is 13.4. The largest absolute Gasteiger partial charge is 0.492 e. The summed E-state index contributed by atoms with van der Waals surface area (Å²) < 4.78 is 5.71. The molecule has 5 nitrogen and oxygen atoms in total. The average molecular weight is 327 g/mol. The zero-order chi connectivity index (χ0) is 15.8. The number of carbonyl (C=O) groups is 1. The van der Waals surface area contributed by atoms with Crippen molar-refractivity contribution in [2.24, 2.45) is 5.92 Å². The van der Waals surface area contributed by atoms with E-state index in [9.17, 15) is 4.79 Å². The van der Waals surface area contributed by atoms with Crippen molar-refractivity contribution in [2.75, 3.05) is 32.8 Å². The van der Waals surface area contributed by atoms with Crippen LogP contribution in [-0.2, 0) is 0 Å². The van der Waals surface area contributed by atoms with E-state index in [0.717, 1.165) is 44.6 Å². The van der Waals surface area contributed by atoms with Gasteiger partial charge in [-0.2, -0.15) is 0 Å². The highest BCUT2D eigenvalue weighted by molar-refractivity contribution is 6.30. The molecular formula is C16H23ClN2O3. The molecule has 0 spiro atoms. The van der Waals surface area contributed by atoms with E-state index in [4.69, 9.17) is 21.4 Å². The number of nitrogens with one attached hydrogen (secondary N) is 1. The summed E-state index contributed by atoms with van der Waals surface area (Å²) in [7, 11) is 0. The lowest BCUT2D eigenvalue weighted by Gasteiger charge is -2.31. The molecule has 1 fully saturated rings. The van der Waals surface area contributed by atoms with Gasteiger partial charge in [-0.1, -0.05) is 11.6 Å². The Hall–Kier alpha value is -1.46. The van der Waals surface area contributed by atoms with E-state index in [1.54, 1.807) is 0 Å². The Morgan fingerprint density at radius 1 is 1.32 bits per heavy atom. The number of hydrogen-bond acceptors (Lipinski definition) is 3. The van der Waals surface area contributed by atoms with Crippen LogP contribution in [0.4, 0.5) is 4.79 Å². The van der Waals surface area contributed by atoms with Crippen LogP contribution in [-0.4, -0.2) is 48.9 Å². The van der Waals surface area contributed by atoms with Gasteiger partial charge in [-0.25, -0.2) is 4.79 Å². The third kappa shape index (κ3) is 6.12. The molecule has 0 saturated carbocycles. The summed E-state index contributed by atoms with van der Waals surface area (Å²) >= 11 is 5.83. The molecule has 1 aliphatic rings. The molecule has 0 unspecified atom stereocenters. The highest BCUT2D eigenvalue weighted by atomic mass is 35.5. The Bertz CT molecular complexity index is 459. The fourth-order valence-corrected chi connectivity index (χ4v) is 2.83. The lowest BCUT2D eigenvalue weighted by molar-refractivity contribution is 0.150. The Balaban J connectivity index is 1.57. The maximum atomic E-state index is 10.4. The minimum absolute atomic E-state index is 0.555. The lowest BCUT2D eigenvalue weighted by atomic mass is 9.93. The van der Waals surface area contributed by atoms with E-state index in [2.05, 4.69) is 10.2 Å². The highest BCUT2D eigenvalue weighted by Crippen LogP contribution is 2.20. The molecule has 0 aromatic heterocycles. The molecular weight excluding hydrogens is 304 g/mol. The van der Waals surface area contributed by atoms with Gasteiger partial charge in [-0.3, -0.25) is 4.90 Å². The molecule has 1 aliphatic heterocycles. The maximum absolute atomic E-state index is 10.4. The molecule has 1 saturated heterocycles. The van der Waals surface area contributed by atoms with Crippen LogP contribution >= 0.6 is 11.6 Å². The van der Waals surface area contributed by atoms with Crippen LogP contribution < -0.4 is 10.1 Å². The molecule has 1 aromatic rings. The third-order valence-corrected chi connectivity index (χ3v) is 4.28. The van der Waals surface area contributed by atoms with Crippen LogP contribution in [0.2, 0.25) is 5.02 Å². The van der Waals surface area contributed by atoms with E-state index in [1.807, 2.05) is 24.3 Å². The summed E-state index contributed by atoms with van der Waals surface area (Å²) in [5, 5.41) is 11.7. The summed E-state index contributed by atoms with van der Waals surface area (Å²) in [6, 6.07) is 7.41. The first-order valence-corrected chi connectivity index (χ1v) is 8.09. The molecule has 0 atom stereocenters. The van der Waals surface area contributed by atoms with E-state index >= 15 is 0 Å². The number of halogens is 1. The van der Waals surface area contributed by atoms with Crippen molar-refractivity contribution in [3.8, 4) is 5.75 Å². The second kappa shape index (κ2) is 8.86. The zero-order valence-electron chi connectivity index (χ0n) is 12.6. The van der Waals surface area contributed by atoms with E-state index in [1.165, 1.54) is 0 Å². The predicted molar refractivity (Wildman–Crippen MR) is 86.8 cm³/mol. The summed E-state index contributed by atoms with van der Waals surface area (Å²) in [5.41, 5.74) is 0. The van der Waals surface area contributed by atoms with Crippen molar-refractivity contribution in [3.63, 3.8) is 0 Å². The van der Waals surface area contributed by atoms with E-state index in [0.29, 0.717) is 24.1 Å². The molecule has 1 heterocycles. The Morgan fingerprint density at radius 2 is 2.00 bits per heavy atom. The van der Waals surface area contributed by atoms with Gasteiger partial charge in [0.2, 0.25) is 0 Å². The molecule has 0 radical (unpaired) electrons. The number of benzene rings is 1. The average Bonchev–Trinajstić information content (AvgIpc) is 2.50. The number of amides is 1. The van der Waals surface area contributed by atoms with Crippen molar-refractivity contribution in [1.82, 2.24) is 10.2 Å². The number of piperidine rings is 1. The Labute approximate surface area is 136 Å². The van der Waals surface area contributed by atoms with Crippen LogP contribution in [0.5, 0.6) is 5.75 Å². The van der Waals surface area contributed by atoms with Crippen molar-refractivity contribution in [2.45, 2.75) is 19.3 Å². The second-order valence-electron chi connectivity index (χ2n) is 5.61. The molecule has 0 bridgehead atoms. The lowest BCUT2D eigenvalue weighted by Crippen LogP contribution is -2.37. The smallest absolute Gasteiger partial charge is 0.404 e. The number of rotatable bonds is 7. The van der Waals surface area contributed by atoms with Gasteiger partial charge in [0.1, 0.15) is 12.4 Å². The third-order valence-electron chi connectivity index (χ3n) is 4.03. The molecule has 122 valence electrons. The summed E-state index contributed by atoms with van der Waals surface area (Å²) in [4.78, 5) is 12.8. The molecule has 22 heavy (non-hydrogen) atoms. The van der Waals surface area contributed by atoms with Crippen LogP contribution in [0.25, 0.3) is 0 Å². The summed E-state index contributed by atoms with van der Waals surface area (Å²) in [5.74, 6) is 1.47. The van der Waals surface area contributed by atoms with Gasteiger partial charge in [0.15, 0.2) is 0 Å². The molecule has 1 aromatic carbocycles. The number of nitrogens with zero attached hydrogens (tertiary/aromatic N) is 1. The second-order valence-corrected chi connectivity index (χ2v) is 6.04. The van der Waals surface area contributed by atoms with Gasteiger partial charge in [-0.15, -0.1) is 0 Å². The standard InChI is InChI=1S/C16H23ClN2O3/c17-14-1-3-15(4-2-14)22-12-11-19-9-6-13(7-10-19)5-8-18-16(20)21/h1-4,13,18H,5-12H2,(H,20,21). The minimum Gasteiger partial charge on any atom is -0.492 e. The fraction of sp³-hybridized carbons (Fsp3) is 0.562. The van der Waals surface area contributed by atoms with Crippen molar-refractivity contribution < 1.29 is 14.6 Å². The Kier molecular flexibility index (Phi) is 6.80. The first-order chi connectivity index (χ1) is 10.6. The van der Waals surface area contributed by atoms with Crippen molar-refractivity contribution in [1.29, 1.82) is 0 Å². The maximum Gasteiger partial charge on any atom is 0.404 e. The quantitative estimate of drug-likeness (QED) is 0.808. The monoisotopic (exact) mass is 326 g/mol. The van der Waals surface area contributed by atoms with Crippen molar-refractivity contribution in [3.05, 3.63) is 29.3 Å². The fourth-order valence-electron chi connectivity index (χ4n) is 2.71. The van der Waals surface area contributed by atoms with Crippen LogP contribution in [0.15, 0.2) is 24.3 Å². The molecule has 1 amide bonds. The van der Waals surface area contributed by atoms with E-state index < -0.39 is 6.09 Å². The van der Waals surface area contributed by atoms with Crippen LogP contribution in [0.3, 0.4) is 0 Å². The van der Waals surface area contributed by atoms with Crippen molar-refractivity contribution >= 4 is 17.7 Å². The first-order valence-electron chi connectivity index (χ1n) is 7.71. The molecule has 0 aliphatic carbocycles. The van der Waals surface area contributed by atoms with Gasteiger partial charge in [0.25, 0.3) is 0 Å². The Morgan fingerprint density at radius 3 is 2.64 bits per heavy atom.